The van der Waals surface area contributed by atoms with Crippen molar-refractivity contribution in [2.75, 3.05) is 11.9 Å². The van der Waals surface area contributed by atoms with Gasteiger partial charge < -0.3 is 9.73 Å². The van der Waals surface area contributed by atoms with Gasteiger partial charge >= 0.3 is 0 Å². The molecule has 1 saturated heterocycles. The number of rotatable bonds is 8. The zero-order valence-electron chi connectivity index (χ0n) is 19.0. The monoisotopic (exact) mass is 506 g/mol. The average molecular weight is 507 g/mol. The molecule has 1 atom stereocenters. The van der Waals surface area contributed by atoms with Gasteiger partial charge in [0.1, 0.15) is 16.8 Å². The third-order valence-corrected chi connectivity index (χ3v) is 6.63. The summed E-state index contributed by atoms with van der Waals surface area (Å²) in [6.07, 6.45) is 3.09. The molecule has 1 aliphatic rings. The van der Waals surface area contributed by atoms with Crippen molar-refractivity contribution in [3.05, 3.63) is 89.7 Å². The summed E-state index contributed by atoms with van der Waals surface area (Å²) >= 11 is 7.43. The molecule has 35 heavy (non-hydrogen) atoms. The molecule has 0 aliphatic carbocycles. The standard InChI is InChI=1S/C26H23ClN4O3S/c1-3-14-31-25(33)23(15-24(32)29-18-10-8-17(2)9-11-18)35-26(31)30-28-16-19-12-13-22(34-19)20-6-4-5-7-21(20)27/h3-13,16,23H,1,14-15H2,2H3,(H,29,32)/b28-16+,30-26-. The molecule has 0 bridgehead atoms. The second kappa shape index (κ2) is 11.2. The Kier molecular flexibility index (Phi) is 7.84. The molecule has 1 fully saturated rings. The lowest BCUT2D eigenvalue weighted by molar-refractivity contribution is -0.127. The summed E-state index contributed by atoms with van der Waals surface area (Å²) in [5.74, 6) is 0.651. The largest absolute Gasteiger partial charge is 0.455 e. The lowest BCUT2D eigenvalue weighted by atomic mass is 10.2. The van der Waals surface area contributed by atoms with E-state index < -0.39 is 5.25 Å². The maximum Gasteiger partial charge on any atom is 0.243 e. The van der Waals surface area contributed by atoms with E-state index in [1.807, 2.05) is 49.4 Å². The van der Waals surface area contributed by atoms with Gasteiger partial charge in [-0.05, 0) is 43.3 Å². The highest BCUT2D eigenvalue weighted by Crippen LogP contribution is 2.31. The molecule has 7 nitrogen and oxygen atoms in total. The number of hydrogen-bond donors (Lipinski definition) is 1. The van der Waals surface area contributed by atoms with Gasteiger partial charge in [0.25, 0.3) is 0 Å². The van der Waals surface area contributed by atoms with Crippen molar-refractivity contribution in [3.8, 4) is 11.3 Å². The van der Waals surface area contributed by atoms with Gasteiger partial charge in [-0.25, -0.2) is 0 Å². The van der Waals surface area contributed by atoms with Crippen molar-refractivity contribution in [2.24, 2.45) is 10.2 Å². The molecule has 4 rings (SSSR count). The van der Waals surface area contributed by atoms with Crippen LogP contribution < -0.4 is 5.32 Å². The number of thioether (sulfide) groups is 1. The predicted molar refractivity (Wildman–Crippen MR) is 142 cm³/mol. The minimum Gasteiger partial charge on any atom is -0.455 e. The van der Waals surface area contributed by atoms with Crippen LogP contribution in [-0.4, -0.2) is 39.9 Å². The van der Waals surface area contributed by atoms with Gasteiger partial charge in [-0.1, -0.05) is 59.3 Å². The number of anilines is 1. The molecule has 1 aromatic heterocycles. The molecule has 2 heterocycles. The number of hydrogen-bond acceptors (Lipinski definition) is 6. The second-order valence-corrected chi connectivity index (χ2v) is 9.35. The number of carbonyl (C=O) groups excluding carboxylic acids is 2. The highest BCUT2D eigenvalue weighted by molar-refractivity contribution is 8.15. The molecule has 1 aliphatic heterocycles. The molecule has 2 aromatic carbocycles. The van der Waals surface area contributed by atoms with Crippen LogP contribution in [0.5, 0.6) is 0 Å². The smallest absolute Gasteiger partial charge is 0.243 e. The first-order valence-corrected chi connectivity index (χ1v) is 12.1. The lowest BCUT2D eigenvalue weighted by Crippen LogP contribution is -2.33. The lowest BCUT2D eigenvalue weighted by Gasteiger charge is -2.12. The number of amides is 2. The first kappa shape index (κ1) is 24.5. The Morgan fingerprint density at radius 1 is 1.20 bits per heavy atom. The van der Waals surface area contributed by atoms with E-state index in [-0.39, 0.29) is 24.8 Å². The number of carbonyl (C=O) groups is 2. The van der Waals surface area contributed by atoms with Crippen LogP contribution in [-0.2, 0) is 9.59 Å². The fourth-order valence-corrected chi connectivity index (χ4v) is 4.73. The topological polar surface area (TPSA) is 87.3 Å². The Bertz CT molecular complexity index is 1300. The number of nitrogens with zero attached hydrogens (tertiary/aromatic N) is 3. The van der Waals surface area contributed by atoms with Crippen LogP contribution in [0.2, 0.25) is 5.02 Å². The van der Waals surface area contributed by atoms with Gasteiger partial charge in [-0.15, -0.1) is 11.7 Å². The van der Waals surface area contributed by atoms with Gasteiger partial charge in [-0.3, -0.25) is 14.5 Å². The van der Waals surface area contributed by atoms with Crippen molar-refractivity contribution >= 4 is 52.2 Å². The van der Waals surface area contributed by atoms with E-state index in [4.69, 9.17) is 16.0 Å². The summed E-state index contributed by atoms with van der Waals surface area (Å²) in [6.45, 7) is 5.95. The Balaban J connectivity index is 1.43. The zero-order chi connectivity index (χ0) is 24.8. The van der Waals surface area contributed by atoms with E-state index in [0.717, 1.165) is 11.1 Å². The van der Waals surface area contributed by atoms with Gasteiger partial charge in [-0.2, -0.15) is 5.10 Å². The number of halogens is 1. The minimum atomic E-state index is -0.593. The highest BCUT2D eigenvalue weighted by atomic mass is 35.5. The number of nitrogens with one attached hydrogen (secondary N) is 1. The molecule has 178 valence electrons. The molecular weight excluding hydrogens is 484 g/mol. The molecule has 3 aromatic rings. The molecule has 0 radical (unpaired) electrons. The van der Waals surface area contributed by atoms with E-state index in [1.165, 1.54) is 22.9 Å². The number of benzene rings is 2. The maximum atomic E-state index is 12.9. The molecule has 9 heteroatoms. The number of furan rings is 1. The number of amidine groups is 1. The first-order chi connectivity index (χ1) is 16.9. The molecule has 2 amide bonds. The van der Waals surface area contributed by atoms with Crippen molar-refractivity contribution in [1.29, 1.82) is 0 Å². The van der Waals surface area contributed by atoms with Crippen LogP contribution in [0.3, 0.4) is 0 Å². The third kappa shape index (κ3) is 6.09. The summed E-state index contributed by atoms with van der Waals surface area (Å²) in [4.78, 5) is 26.9. The molecule has 1 unspecified atom stereocenters. The van der Waals surface area contributed by atoms with E-state index in [9.17, 15) is 9.59 Å². The summed E-state index contributed by atoms with van der Waals surface area (Å²) in [5.41, 5.74) is 2.56. The van der Waals surface area contributed by atoms with E-state index in [2.05, 4.69) is 22.1 Å². The summed E-state index contributed by atoms with van der Waals surface area (Å²) in [6, 6.07) is 18.4. The van der Waals surface area contributed by atoms with Crippen molar-refractivity contribution in [1.82, 2.24) is 4.90 Å². The van der Waals surface area contributed by atoms with Crippen molar-refractivity contribution < 1.29 is 14.0 Å². The predicted octanol–water partition coefficient (Wildman–Crippen LogP) is 5.76. The molecule has 0 spiro atoms. The van der Waals surface area contributed by atoms with Gasteiger partial charge in [0, 0.05) is 24.2 Å². The van der Waals surface area contributed by atoms with Crippen LogP contribution in [0.15, 0.2) is 87.9 Å². The summed E-state index contributed by atoms with van der Waals surface area (Å²) in [7, 11) is 0. The van der Waals surface area contributed by atoms with E-state index in [1.54, 1.807) is 24.3 Å². The van der Waals surface area contributed by atoms with Crippen LogP contribution in [0, 0.1) is 6.92 Å². The molecular formula is C26H23ClN4O3S. The fourth-order valence-electron chi connectivity index (χ4n) is 3.39. The van der Waals surface area contributed by atoms with E-state index in [0.29, 0.717) is 27.4 Å². The average Bonchev–Trinajstić information content (AvgIpc) is 3.42. The summed E-state index contributed by atoms with van der Waals surface area (Å²) < 4.78 is 5.79. The molecule has 1 N–H and O–H groups in total. The van der Waals surface area contributed by atoms with Crippen LogP contribution in [0.1, 0.15) is 17.7 Å². The quantitative estimate of drug-likeness (QED) is 0.239. The van der Waals surface area contributed by atoms with Crippen LogP contribution in [0.25, 0.3) is 11.3 Å². The van der Waals surface area contributed by atoms with Gasteiger partial charge in [0.05, 0.1) is 11.2 Å². The van der Waals surface area contributed by atoms with E-state index >= 15 is 0 Å². The minimum absolute atomic E-state index is 0.0210. The Hall–Kier alpha value is -3.62. The normalized spacial score (nSPS) is 16.9. The van der Waals surface area contributed by atoms with Crippen molar-refractivity contribution in [3.63, 3.8) is 0 Å². The van der Waals surface area contributed by atoms with Crippen LogP contribution in [0.4, 0.5) is 5.69 Å². The maximum absolute atomic E-state index is 12.9. The Morgan fingerprint density at radius 3 is 2.71 bits per heavy atom. The van der Waals surface area contributed by atoms with Crippen LogP contribution >= 0.6 is 23.4 Å². The second-order valence-electron chi connectivity index (χ2n) is 7.77. The molecule has 0 saturated carbocycles. The van der Waals surface area contributed by atoms with Gasteiger partial charge in [0.15, 0.2) is 5.17 Å². The zero-order valence-corrected chi connectivity index (χ0v) is 20.6. The first-order valence-electron chi connectivity index (χ1n) is 10.9. The van der Waals surface area contributed by atoms with Gasteiger partial charge in [0.2, 0.25) is 11.8 Å². The van der Waals surface area contributed by atoms with Crippen molar-refractivity contribution in [2.45, 2.75) is 18.6 Å². The fraction of sp³-hybridized carbons (Fsp3) is 0.154. The summed E-state index contributed by atoms with van der Waals surface area (Å²) in [5, 5.41) is 11.5. The highest BCUT2D eigenvalue weighted by Gasteiger charge is 2.38. The third-order valence-electron chi connectivity index (χ3n) is 5.13. The Labute approximate surface area is 212 Å². The SMILES string of the molecule is C=CCN1C(=O)C(CC(=O)Nc2ccc(C)cc2)S/C1=N\N=C\c1ccc(-c2ccccc2Cl)o1. The Morgan fingerprint density at radius 2 is 1.97 bits per heavy atom. The number of aryl methyl sites for hydroxylation is 1.